The van der Waals surface area contributed by atoms with E-state index in [4.69, 9.17) is 9.47 Å². The number of hydrogen-bond acceptors (Lipinski definition) is 4. The van der Waals surface area contributed by atoms with E-state index in [9.17, 15) is 9.59 Å². The predicted molar refractivity (Wildman–Crippen MR) is 76.7 cm³/mol. The molecule has 3 rings (SSSR count). The van der Waals surface area contributed by atoms with Crippen LogP contribution in [0.2, 0.25) is 0 Å². The van der Waals surface area contributed by atoms with Crippen LogP contribution < -0.4 is 0 Å². The first-order valence-corrected chi connectivity index (χ1v) is 6.77. The molecule has 0 spiro atoms. The van der Waals surface area contributed by atoms with E-state index in [1.165, 1.54) is 0 Å². The zero-order valence-corrected chi connectivity index (χ0v) is 11.3. The molecule has 0 aliphatic carbocycles. The van der Waals surface area contributed by atoms with Crippen LogP contribution in [0.4, 0.5) is 0 Å². The van der Waals surface area contributed by atoms with Gasteiger partial charge in [-0.15, -0.1) is 0 Å². The number of benzene rings is 2. The maximum atomic E-state index is 12.0. The average molecular weight is 282 g/mol. The van der Waals surface area contributed by atoms with Gasteiger partial charge < -0.3 is 9.47 Å². The van der Waals surface area contributed by atoms with Gasteiger partial charge >= 0.3 is 11.9 Å². The van der Waals surface area contributed by atoms with Gasteiger partial charge in [0.25, 0.3) is 0 Å². The monoisotopic (exact) mass is 282 g/mol. The molecule has 1 aliphatic rings. The predicted octanol–water partition coefficient (Wildman–Crippen LogP) is 2.83. The molecule has 0 N–H and O–H groups in total. The van der Waals surface area contributed by atoms with Gasteiger partial charge in [-0.25, -0.2) is 9.59 Å². The zero-order valence-electron chi connectivity index (χ0n) is 11.3. The fourth-order valence-corrected chi connectivity index (χ4v) is 2.21. The van der Waals surface area contributed by atoms with Crippen molar-refractivity contribution in [1.82, 2.24) is 0 Å². The SMILES string of the molecule is O=C(O[C@@H]1CCOC1=O)c1ccc(-c2ccccc2)cc1. The van der Waals surface area contributed by atoms with Crippen molar-refractivity contribution in [3.8, 4) is 11.1 Å². The number of hydrogen-bond donors (Lipinski definition) is 0. The lowest BCUT2D eigenvalue weighted by Crippen LogP contribution is -2.22. The van der Waals surface area contributed by atoms with Gasteiger partial charge in [0, 0.05) is 6.42 Å². The first-order chi connectivity index (χ1) is 10.2. The normalized spacial score (nSPS) is 17.3. The summed E-state index contributed by atoms with van der Waals surface area (Å²) in [5, 5.41) is 0. The fraction of sp³-hybridized carbons (Fsp3) is 0.176. The molecule has 4 nitrogen and oxygen atoms in total. The second-order valence-corrected chi connectivity index (χ2v) is 4.79. The number of esters is 2. The molecule has 21 heavy (non-hydrogen) atoms. The maximum absolute atomic E-state index is 12.0. The third kappa shape index (κ3) is 2.94. The summed E-state index contributed by atoms with van der Waals surface area (Å²) in [6.45, 7) is 0.309. The minimum absolute atomic E-state index is 0.309. The van der Waals surface area contributed by atoms with Gasteiger partial charge in [-0.3, -0.25) is 0 Å². The molecule has 1 fully saturated rings. The Morgan fingerprint density at radius 3 is 2.29 bits per heavy atom. The summed E-state index contributed by atoms with van der Waals surface area (Å²) in [5.41, 5.74) is 2.53. The Kier molecular flexibility index (Phi) is 3.69. The Hall–Kier alpha value is -2.62. The average Bonchev–Trinajstić information content (AvgIpc) is 2.93. The van der Waals surface area contributed by atoms with Crippen molar-refractivity contribution in [3.05, 3.63) is 60.2 Å². The molecule has 0 radical (unpaired) electrons. The van der Waals surface area contributed by atoms with E-state index in [1.54, 1.807) is 12.1 Å². The Morgan fingerprint density at radius 1 is 1.00 bits per heavy atom. The lowest BCUT2D eigenvalue weighted by molar-refractivity contribution is -0.145. The van der Waals surface area contributed by atoms with E-state index >= 15 is 0 Å². The number of carbonyl (C=O) groups is 2. The van der Waals surface area contributed by atoms with Gasteiger partial charge in [-0.1, -0.05) is 42.5 Å². The Morgan fingerprint density at radius 2 is 1.67 bits per heavy atom. The van der Waals surface area contributed by atoms with Crippen LogP contribution in [0.3, 0.4) is 0 Å². The minimum Gasteiger partial charge on any atom is -0.463 e. The molecule has 106 valence electrons. The molecular weight excluding hydrogens is 268 g/mol. The third-order valence-corrected chi connectivity index (χ3v) is 3.36. The molecule has 1 heterocycles. The summed E-state index contributed by atoms with van der Waals surface area (Å²) in [6, 6.07) is 17.0. The Labute approximate surface area is 122 Å². The van der Waals surface area contributed by atoms with Crippen molar-refractivity contribution in [1.29, 1.82) is 0 Å². The Balaban J connectivity index is 1.72. The summed E-state index contributed by atoms with van der Waals surface area (Å²) in [4.78, 5) is 23.2. The van der Waals surface area contributed by atoms with Crippen molar-refractivity contribution in [2.75, 3.05) is 6.61 Å². The highest BCUT2D eigenvalue weighted by atomic mass is 16.6. The summed E-state index contributed by atoms with van der Waals surface area (Å²) < 4.78 is 9.90. The molecule has 0 saturated carbocycles. The van der Waals surface area contributed by atoms with Crippen molar-refractivity contribution in [3.63, 3.8) is 0 Å². The van der Waals surface area contributed by atoms with E-state index in [2.05, 4.69) is 0 Å². The molecule has 0 aromatic heterocycles. The highest BCUT2D eigenvalue weighted by Gasteiger charge is 2.30. The van der Waals surface area contributed by atoms with Crippen LogP contribution in [0.25, 0.3) is 11.1 Å². The topological polar surface area (TPSA) is 52.6 Å². The van der Waals surface area contributed by atoms with E-state index in [-0.39, 0.29) is 0 Å². The summed E-state index contributed by atoms with van der Waals surface area (Å²) in [6.07, 6.45) is -0.349. The van der Waals surface area contributed by atoms with Crippen LogP contribution >= 0.6 is 0 Å². The molecule has 2 aromatic carbocycles. The number of ether oxygens (including phenoxy) is 2. The number of rotatable bonds is 3. The minimum atomic E-state index is -0.772. The van der Waals surface area contributed by atoms with Gasteiger partial charge in [0.2, 0.25) is 6.10 Å². The van der Waals surface area contributed by atoms with E-state index in [1.807, 2.05) is 42.5 Å². The lowest BCUT2D eigenvalue weighted by Gasteiger charge is -2.08. The summed E-state index contributed by atoms with van der Waals surface area (Å²) in [5.74, 6) is -0.970. The summed E-state index contributed by atoms with van der Waals surface area (Å²) in [7, 11) is 0. The molecule has 4 heteroatoms. The fourth-order valence-electron chi connectivity index (χ4n) is 2.21. The Bertz CT molecular complexity index is 646. The standard InChI is InChI=1S/C17H14O4/c18-16(21-15-10-11-20-17(15)19)14-8-6-13(7-9-14)12-4-2-1-3-5-12/h1-9,15H,10-11H2/t15-/m1/s1. The van der Waals surface area contributed by atoms with Gasteiger partial charge in [-0.2, -0.15) is 0 Å². The number of cyclic esters (lactones) is 1. The second-order valence-electron chi connectivity index (χ2n) is 4.79. The van der Waals surface area contributed by atoms with E-state index in [0.29, 0.717) is 18.6 Å². The van der Waals surface area contributed by atoms with Crippen LogP contribution in [-0.2, 0) is 14.3 Å². The quantitative estimate of drug-likeness (QED) is 0.812. The van der Waals surface area contributed by atoms with Crippen molar-refractivity contribution >= 4 is 11.9 Å². The lowest BCUT2D eigenvalue weighted by atomic mass is 10.0. The van der Waals surface area contributed by atoms with Crippen LogP contribution in [0.5, 0.6) is 0 Å². The molecule has 0 amide bonds. The molecule has 1 aliphatic heterocycles. The molecule has 0 bridgehead atoms. The molecule has 1 saturated heterocycles. The van der Waals surface area contributed by atoms with E-state index < -0.39 is 18.0 Å². The molecule has 1 atom stereocenters. The van der Waals surface area contributed by atoms with Crippen LogP contribution in [0.15, 0.2) is 54.6 Å². The third-order valence-electron chi connectivity index (χ3n) is 3.36. The molecule has 0 unspecified atom stereocenters. The molecular formula is C17H14O4. The smallest absolute Gasteiger partial charge is 0.347 e. The maximum Gasteiger partial charge on any atom is 0.347 e. The van der Waals surface area contributed by atoms with Crippen LogP contribution in [0.1, 0.15) is 16.8 Å². The van der Waals surface area contributed by atoms with Gasteiger partial charge in [-0.05, 0) is 23.3 Å². The summed E-state index contributed by atoms with van der Waals surface area (Å²) >= 11 is 0. The van der Waals surface area contributed by atoms with Crippen LogP contribution in [0, 0.1) is 0 Å². The van der Waals surface area contributed by atoms with Gasteiger partial charge in [0.05, 0.1) is 12.2 Å². The highest BCUT2D eigenvalue weighted by molar-refractivity contribution is 5.92. The van der Waals surface area contributed by atoms with E-state index in [0.717, 1.165) is 11.1 Å². The van der Waals surface area contributed by atoms with Crippen molar-refractivity contribution in [2.24, 2.45) is 0 Å². The molecule has 2 aromatic rings. The second kappa shape index (κ2) is 5.79. The first kappa shape index (κ1) is 13.4. The highest BCUT2D eigenvalue weighted by Crippen LogP contribution is 2.20. The van der Waals surface area contributed by atoms with Crippen molar-refractivity contribution < 1.29 is 19.1 Å². The largest absolute Gasteiger partial charge is 0.463 e. The van der Waals surface area contributed by atoms with Crippen LogP contribution in [-0.4, -0.2) is 24.6 Å². The van der Waals surface area contributed by atoms with Gasteiger partial charge in [0.1, 0.15) is 0 Å². The zero-order chi connectivity index (χ0) is 14.7. The number of carbonyl (C=O) groups excluding carboxylic acids is 2. The van der Waals surface area contributed by atoms with Crippen molar-refractivity contribution in [2.45, 2.75) is 12.5 Å². The van der Waals surface area contributed by atoms with Gasteiger partial charge in [0.15, 0.2) is 0 Å². The first-order valence-electron chi connectivity index (χ1n) is 6.77.